The van der Waals surface area contributed by atoms with E-state index in [0.29, 0.717) is 10.6 Å². The maximum atomic E-state index is 13.5. The number of aromatic nitrogens is 2. The maximum absolute atomic E-state index is 13.5. The maximum Gasteiger partial charge on any atom is 0.180 e. The van der Waals surface area contributed by atoms with Crippen LogP contribution in [0.3, 0.4) is 0 Å². The number of rotatable bonds is 4. The molecule has 1 heterocycles. The molecular weight excluding hydrogens is 270 g/mol. The number of carbonyl (C=O) groups is 1. The first kappa shape index (κ1) is 13.7. The van der Waals surface area contributed by atoms with Crippen LogP contribution in [-0.2, 0) is 6.42 Å². The van der Waals surface area contributed by atoms with Crippen LogP contribution >= 0.6 is 11.5 Å². The summed E-state index contributed by atoms with van der Waals surface area (Å²) in [6.07, 6.45) is -0.187. The smallest absolute Gasteiger partial charge is 0.180 e. The minimum Gasteiger partial charge on any atom is -0.293 e. The largest absolute Gasteiger partial charge is 0.293 e. The molecule has 1 aromatic heterocycles. The number of hydrogen-bond donors (Lipinski definition) is 0. The molecule has 1 aromatic carbocycles. The van der Waals surface area contributed by atoms with Crippen molar-refractivity contribution in [3.63, 3.8) is 0 Å². The number of benzene rings is 1. The van der Waals surface area contributed by atoms with Gasteiger partial charge in [0.2, 0.25) is 0 Å². The molecule has 6 heteroatoms. The van der Waals surface area contributed by atoms with Gasteiger partial charge in [-0.2, -0.15) is 0 Å². The SMILES string of the molecule is CC(C)c1nnsc1C(=O)Cc1cc(F)ccc1F. The first-order valence-electron chi connectivity index (χ1n) is 5.78. The summed E-state index contributed by atoms with van der Waals surface area (Å²) in [5.41, 5.74) is 0.653. The van der Waals surface area contributed by atoms with Gasteiger partial charge in [-0.05, 0) is 41.2 Å². The van der Waals surface area contributed by atoms with E-state index in [9.17, 15) is 13.6 Å². The number of halogens is 2. The molecule has 0 aliphatic heterocycles. The monoisotopic (exact) mass is 282 g/mol. The van der Waals surface area contributed by atoms with Crippen molar-refractivity contribution in [1.82, 2.24) is 9.59 Å². The van der Waals surface area contributed by atoms with Gasteiger partial charge in [0, 0.05) is 6.42 Å². The van der Waals surface area contributed by atoms with Crippen molar-refractivity contribution in [2.24, 2.45) is 0 Å². The Labute approximate surface area is 113 Å². The lowest BCUT2D eigenvalue weighted by atomic mass is 10.0. The Bertz CT molecular complexity index is 610. The second-order valence-corrected chi connectivity index (χ2v) is 5.23. The third kappa shape index (κ3) is 3.01. The van der Waals surface area contributed by atoms with Crippen LogP contribution in [0, 0.1) is 11.6 Å². The standard InChI is InChI=1S/C13H12F2N2OS/c1-7(2)12-13(19-17-16-12)11(18)6-8-5-9(14)3-4-10(8)15/h3-5,7H,6H2,1-2H3. The average Bonchev–Trinajstić information content (AvgIpc) is 2.83. The Morgan fingerprint density at radius 1 is 1.37 bits per heavy atom. The number of nitrogens with zero attached hydrogens (tertiary/aromatic N) is 2. The van der Waals surface area contributed by atoms with E-state index in [0.717, 1.165) is 29.7 Å². The van der Waals surface area contributed by atoms with Crippen LogP contribution in [0.4, 0.5) is 8.78 Å². The van der Waals surface area contributed by atoms with E-state index in [-0.39, 0.29) is 23.7 Å². The highest BCUT2D eigenvalue weighted by atomic mass is 32.1. The zero-order chi connectivity index (χ0) is 14.0. The second kappa shape index (κ2) is 5.52. The second-order valence-electron chi connectivity index (χ2n) is 4.48. The summed E-state index contributed by atoms with van der Waals surface area (Å²) in [5.74, 6) is -1.37. The molecule has 0 radical (unpaired) electrons. The number of carbonyl (C=O) groups excluding carboxylic acids is 1. The molecule has 2 rings (SSSR count). The molecule has 3 nitrogen and oxygen atoms in total. The summed E-state index contributed by atoms with van der Waals surface area (Å²) in [6, 6.07) is 3.08. The van der Waals surface area contributed by atoms with Crippen LogP contribution < -0.4 is 0 Å². The van der Waals surface area contributed by atoms with Crippen molar-refractivity contribution in [3.8, 4) is 0 Å². The van der Waals surface area contributed by atoms with Crippen molar-refractivity contribution in [1.29, 1.82) is 0 Å². The van der Waals surface area contributed by atoms with E-state index < -0.39 is 11.6 Å². The van der Waals surface area contributed by atoms with Gasteiger partial charge in [-0.15, -0.1) is 5.10 Å². The van der Waals surface area contributed by atoms with Crippen LogP contribution in [0.25, 0.3) is 0 Å². The number of hydrogen-bond acceptors (Lipinski definition) is 4. The minimum atomic E-state index is -0.585. The fraction of sp³-hybridized carbons (Fsp3) is 0.308. The molecule has 0 saturated carbocycles. The Balaban J connectivity index is 2.26. The Hall–Kier alpha value is -1.69. The van der Waals surface area contributed by atoms with E-state index in [2.05, 4.69) is 9.59 Å². The number of Topliss-reactive ketones (excluding diaryl/α,β-unsaturated/α-hetero) is 1. The minimum absolute atomic E-state index is 0.0492. The fourth-order valence-electron chi connectivity index (χ4n) is 1.70. The van der Waals surface area contributed by atoms with E-state index in [1.54, 1.807) is 0 Å². The van der Waals surface area contributed by atoms with Crippen molar-refractivity contribution < 1.29 is 13.6 Å². The van der Waals surface area contributed by atoms with Gasteiger partial charge in [0.1, 0.15) is 16.5 Å². The summed E-state index contributed by atoms with van der Waals surface area (Å²) in [6.45, 7) is 3.80. The predicted molar refractivity (Wildman–Crippen MR) is 68.4 cm³/mol. The molecule has 0 amide bonds. The zero-order valence-corrected chi connectivity index (χ0v) is 11.3. The molecule has 19 heavy (non-hydrogen) atoms. The molecule has 2 aromatic rings. The summed E-state index contributed by atoms with van der Waals surface area (Å²) in [5, 5.41) is 3.90. The highest BCUT2D eigenvalue weighted by Gasteiger charge is 2.20. The molecule has 0 saturated heterocycles. The molecule has 0 aliphatic rings. The quantitative estimate of drug-likeness (QED) is 0.807. The third-order valence-corrected chi connectivity index (χ3v) is 3.45. The van der Waals surface area contributed by atoms with Gasteiger partial charge in [-0.3, -0.25) is 4.79 Å². The van der Waals surface area contributed by atoms with Gasteiger partial charge in [0.05, 0.1) is 5.69 Å². The Kier molecular flexibility index (Phi) is 3.99. The molecule has 100 valence electrons. The predicted octanol–water partition coefficient (Wildman–Crippen LogP) is 3.37. The zero-order valence-electron chi connectivity index (χ0n) is 10.5. The third-order valence-electron chi connectivity index (χ3n) is 2.67. The highest BCUT2D eigenvalue weighted by molar-refractivity contribution is 7.08. The van der Waals surface area contributed by atoms with E-state index in [4.69, 9.17) is 0 Å². The molecule has 0 spiro atoms. The average molecular weight is 282 g/mol. The molecule has 0 unspecified atom stereocenters. The van der Waals surface area contributed by atoms with E-state index in [1.807, 2.05) is 13.8 Å². The van der Waals surface area contributed by atoms with Crippen molar-refractivity contribution in [3.05, 3.63) is 46.0 Å². The van der Waals surface area contributed by atoms with Crippen LogP contribution in [0.1, 0.15) is 40.7 Å². The van der Waals surface area contributed by atoms with Gasteiger partial charge in [0.15, 0.2) is 5.78 Å². The van der Waals surface area contributed by atoms with Crippen molar-refractivity contribution in [2.75, 3.05) is 0 Å². The highest BCUT2D eigenvalue weighted by Crippen LogP contribution is 2.22. The topological polar surface area (TPSA) is 42.9 Å². The molecule has 0 bridgehead atoms. The van der Waals surface area contributed by atoms with Crippen LogP contribution in [-0.4, -0.2) is 15.4 Å². The lowest BCUT2D eigenvalue weighted by Gasteiger charge is -2.04. The molecule has 0 aliphatic carbocycles. The fourth-order valence-corrected chi connectivity index (χ4v) is 2.46. The van der Waals surface area contributed by atoms with Crippen LogP contribution in [0.2, 0.25) is 0 Å². The summed E-state index contributed by atoms with van der Waals surface area (Å²) >= 11 is 0.988. The summed E-state index contributed by atoms with van der Waals surface area (Å²) in [4.78, 5) is 12.5. The number of ketones is 1. The van der Waals surface area contributed by atoms with E-state index in [1.165, 1.54) is 0 Å². The lowest BCUT2D eigenvalue weighted by molar-refractivity contribution is 0.0994. The van der Waals surface area contributed by atoms with Gasteiger partial charge in [0.25, 0.3) is 0 Å². The molecular formula is C13H12F2N2OS. The van der Waals surface area contributed by atoms with Gasteiger partial charge in [-0.25, -0.2) is 8.78 Å². The summed E-state index contributed by atoms with van der Waals surface area (Å²) < 4.78 is 30.3. The molecule has 0 atom stereocenters. The van der Waals surface area contributed by atoms with Gasteiger partial charge >= 0.3 is 0 Å². The van der Waals surface area contributed by atoms with E-state index >= 15 is 0 Å². The Morgan fingerprint density at radius 2 is 2.11 bits per heavy atom. The van der Waals surface area contributed by atoms with Gasteiger partial charge < -0.3 is 0 Å². The molecule has 0 fully saturated rings. The van der Waals surface area contributed by atoms with Crippen molar-refractivity contribution >= 4 is 17.3 Å². The normalized spacial score (nSPS) is 11.0. The van der Waals surface area contributed by atoms with Crippen LogP contribution in [0.5, 0.6) is 0 Å². The summed E-state index contributed by atoms with van der Waals surface area (Å²) in [7, 11) is 0. The first-order chi connectivity index (χ1) is 8.99. The lowest BCUT2D eigenvalue weighted by Crippen LogP contribution is -2.07. The first-order valence-corrected chi connectivity index (χ1v) is 6.55. The molecule has 0 N–H and O–H groups in total. The van der Waals surface area contributed by atoms with Crippen molar-refractivity contribution in [2.45, 2.75) is 26.2 Å². The Morgan fingerprint density at radius 3 is 2.79 bits per heavy atom. The van der Waals surface area contributed by atoms with Crippen LogP contribution in [0.15, 0.2) is 18.2 Å². The van der Waals surface area contributed by atoms with Gasteiger partial charge in [-0.1, -0.05) is 18.3 Å².